The largest absolute Gasteiger partial charge is 0.495 e. The number of amides is 1. The molecule has 7 heteroatoms. The zero-order chi connectivity index (χ0) is 19.6. The molecular weight excluding hydrogens is 386 g/mol. The molecule has 0 aliphatic carbocycles. The molecule has 0 bridgehead atoms. The summed E-state index contributed by atoms with van der Waals surface area (Å²) in [6.45, 7) is 4.97. The van der Waals surface area contributed by atoms with Crippen molar-refractivity contribution in [2.24, 2.45) is 0 Å². The maximum absolute atomic E-state index is 12.3. The highest BCUT2D eigenvalue weighted by Crippen LogP contribution is 2.27. The van der Waals surface area contributed by atoms with Gasteiger partial charge in [0.25, 0.3) is 0 Å². The summed E-state index contributed by atoms with van der Waals surface area (Å²) >= 11 is 7.60. The normalized spacial score (nSPS) is 11.6. The van der Waals surface area contributed by atoms with Gasteiger partial charge in [-0.1, -0.05) is 11.6 Å². The summed E-state index contributed by atoms with van der Waals surface area (Å²) in [6.07, 6.45) is 0. The van der Waals surface area contributed by atoms with E-state index in [0.29, 0.717) is 35.4 Å². The lowest BCUT2D eigenvalue weighted by atomic mass is 10.3. The van der Waals surface area contributed by atoms with Gasteiger partial charge in [0, 0.05) is 11.4 Å². The molecule has 0 heterocycles. The van der Waals surface area contributed by atoms with Gasteiger partial charge in [-0.2, -0.15) is 0 Å². The Hall–Kier alpha value is -2.05. The molecule has 0 unspecified atom stereocenters. The predicted molar refractivity (Wildman–Crippen MR) is 112 cm³/mol. The van der Waals surface area contributed by atoms with Crippen LogP contribution in [-0.2, 0) is 4.79 Å². The fraction of sp³-hybridized carbons (Fsp3) is 0.350. The molecule has 0 spiro atoms. The third-order valence-electron chi connectivity index (χ3n) is 3.64. The molecule has 0 fully saturated rings. The number of rotatable bonds is 10. The van der Waals surface area contributed by atoms with E-state index in [-0.39, 0.29) is 11.2 Å². The number of carbonyl (C=O) groups excluding carboxylic acids is 1. The Morgan fingerprint density at radius 3 is 2.41 bits per heavy atom. The Balaban J connectivity index is 1.72. The molecule has 0 saturated carbocycles. The van der Waals surface area contributed by atoms with Gasteiger partial charge < -0.3 is 19.5 Å². The van der Waals surface area contributed by atoms with Gasteiger partial charge in [-0.05, 0) is 56.3 Å². The van der Waals surface area contributed by atoms with Gasteiger partial charge in [0.05, 0.1) is 30.6 Å². The summed E-state index contributed by atoms with van der Waals surface area (Å²) in [5.41, 5.74) is 0.642. The molecule has 0 saturated heterocycles. The van der Waals surface area contributed by atoms with Crippen molar-refractivity contribution in [3.8, 4) is 17.2 Å². The maximum atomic E-state index is 12.3. The Morgan fingerprint density at radius 2 is 1.81 bits per heavy atom. The van der Waals surface area contributed by atoms with E-state index >= 15 is 0 Å². The topological polar surface area (TPSA) is 56.8 Å². The molecule has 0 radical (unpaired) electrons. The van der Waals surface area contributed by atoms with Crippen LogP contribution < -0.4 is 19.5 Å². The molecular formula is C20H24ClNO4S. The van der Waals surface area contributed by atoms with Crippen LogP contribution in [0.3, 0.4) is 0 Å². The molecule has 146 valence electrons. The minimum absolute atomic E-state index is 0.0812. The SMILES string of the molecule is CCOc1ccc(OCCS[C@H](C)C(=O)Nc2ccc(OC)c(Cl)c2)cc1. The van der Waals surface area contributed by atoms with Crippen LogP contribution >= 0.6 is 23.4 Å². The van der Waals surface area contributed by atoms with E-state index in [2.05, 4.69) is 5.32 Å². The first-order valence-electron chi connectivity index (χ1n) is 8.65. The fourth-order valence-electron chi connectivity index (χ4n) is 2.25. The Bertz CT molecular complexity index is 739. The molecule has 0 aliphatic heterocycles. The molecule has 1 N–H and O–H groups in total. The molecule has 0 aliphatic rings. The number of halogens is 1. The minimum Gasteiger partial charge on any atom is -0.495 e. The van der Waals surface area contributed by atoms with E-state index in [9.17, 15) is 4.79 Å². The number of carbonyl (C=O) groups is 1. The van der Waals surface area contributed by atoms with Gasteiger partial charge in [-0.25, -0.2) is 0 Å². The van der Waals surface area contributed by atoms with Crippen molar-refractivity contribution < 1.29 is 19.0 Å². The van der Waals surface area contributed by atoms with Gasteiger partial charge in [-0.3, -0.25) is 4.79 Å². The highest BCUT2D eigenvalue weighted by molar-refractivity contribution is 8.00. The average molecular weight is 410 g/mol. The Kier molecular flexibility index (Phi) is 8.61. The molecule has 5 nitrogen and oxygen atoms in total. The van der Waals surface area contributed by atoms with Crippen molar-refractivity contribution >= 4 is 35.0 Å². The van der Waals surface area contributed by atoms with E-state index in [1.165, 1.54) is 11.8 Å². The quantitative estimate of drug-likeness (QED) is 0.566. The van der Waals surface area contributed by atoms with Gasteiger partial charge in [0.15, 0.2) is 0 Å². The molecule has 2 aromatic rings. The highest BCUT2D eigenvalue weighted by Gasteiger charge is 2.14. The summed E-state index contributed by atoms with van der Waals surface area (Å²) in [4.78, 5) is 12.3. The summed E-state index contributed by atoms with van der Waals surface area (Å²) < 4.78 is 16.2. The van der Waals surface area contributed by atoms with Crippen LogP contribution in [0.5, 0.6) is 17.2 Å². The number of hydrogen-bond donors (Lipinski definition) is 1. The van der Waals surface area contributed by atoms with Crippen molar-refractivity contribution in [3.05, 3.63) is 47.5 Å². The van der Waals surface area contributed by atoms with E-state index in [0.717, 1.165) is 11.5 Å². The number of methoxy groups -OCH3 is 1. The molecule has 0 aromatic heterocycles. The smallest absolute Gasteiger partial charge is 0.237 e. The first kappa shape index (κ1) is 21.3. The van der Waals surface area contributed by atoms with Crippen LogP contribution in [0, 0.1) is 0 Å². The van der Waals surface area contributed by atoms with Crippen LogP contribution in [0.2, 0.25) is 5.02 Å². The lowest BCUT2D eigenvalue weighted by molar-refractivity contribution is -0.115. The monoisotopic (exact) mass is 409 g/mol. The van der Waals surface area contributed by atoms with Gasteiger partial charge in [-0.15, -0.1) is 11.8 Å². The summed E-state index contributed by atoms with van der Waals surface area (Å²) in [5.74, 6) is 2.79. The fourth-order valence-corrected chi connectivity index (χ4v) is 3.25. The second-order valence-electron chi connectivity index (χ2n) is 5.60. The zero-order valence-corrected chi connectivity index (χ0v) is 17.2. The average Bonchev–Trinajstić information content (AvgIpc) is 2.66. The number of nitrogens with one attached hydrogen (secondary N) is 1. The van der Waals surface area contributed by atoms with Crippen molar-refractivity contribution in [2.75, 3.05) is 31.4 Å². The maximum Gasteiger partial charge on any atom is 0.237 e. The van der Waals surface area contributed by atoms with E-state index < -0.39 is 0 Å². The highest BCUT2D eigenvalue weighted by atomic mass is 35.5. The van der Waals surface area contributed by atoms with Crippen LogP contribution in [-0.4, -0.2) is 37.2 Å². The molecule has 2 aromatic carbocycles. The van der Waals surface area contributed by atoms with Crippen LogP contribution in [0.25, 0.3) is 0 Å². The summed E-state index contributed by atoms with van der Waals surface area (Å²) in [7, 11) is 1.55. The summed E-state index contributed by atoms with van der Waals surface area (Å²) in [6, 6.07) is 12.7. The molecule has 27 heavy (non-hydrogen) atoms. The Labute approximate surface area is 169 Å². The standard InChI is InChI=1S/C20H24ClNO4S/c1-4-25-16-6-8-17(9-7-16)26-11-12-27-14(2)20(23)22-15-5-10-19(24-3)18(21)13-15/h5-10,13-14H,4,11-12H2,1-3H3,(H,22,23)/t14-/m1/s1. The first-order valence-corrected chi connectivity index (χ1v) is 10.1. The summed E-state index contributed by atoms with van der Waals surface area (Å²) in [5, 5.41) is 3.10. The number of anilines is 1. The first-order chi connectivity index (χ1) is 13.0. The number of benzene rings is 2. The molecule has 2 rings (SSSR count). The van der Waals surface area contributed by atoms with Crippen LogP contribution in [0.15, 0.2) is 42.5 Å². The van der Waals surface area contributed by atoms with E-state index in [1.54, 1.807) is 25.3 Å². The second kappa shape index (κ2) is 10.9. The minimum atomic E-state index is -0.213. The lowest BCUT2D eigenvalue weighted by Crippen LogP contribution is -2.23. The van der Waals surface area contributed by atoms with Crippen molar-refractivity contribution in [3.63, 3.8) is 0 Å². The second-order valence-corrected chi connectivity index (χ2v) is 7.46. The van der Waals surface area contributed by atoms with E-state index in [4.69, 9.17) is 25.8 Å². The Morgan fingerprint density at radius 1 is 1.15 bits per heavy atom. The van der Waals surface area contributed by atoms with Gasteiger partial charge in [0.1, 0.15) is 17.2 Å². The number of hydrogen-bond acceptors (Lipinski definition) is 5. The van der Waals surface area contributed by atoms with Crippen molar-refractivity contribution in [1.29, 1.82) is 0 Å². The molecule has 1 atom stereocenters. The zero-order valence-electron chi connectivity index (χ0n) is 15.7. The van der Waals surface area contributed by atoms with Crippen LogP contribution in [0.1, 0.15) is 13.8 Å². The van der Waals surface area contributed by atoms with Gasteiger partial charge >= 0.3 is 0 Å². The lowest BCUT2D eigenvalue weighted by Gasteiger charge is -2.13. The van der Waals surface area contributed by atoms with E-state index in [1.807, 2.05) is 38.1 Å². The van der Waals surface area contributed by atoms with Gasteiger partial charge in [0.2, 0.25) is 5.91 Å². The number of ether oxygens (including phenoxy) is 3. The third kappa shape index (κ3) is 6.88. The van der Waals surface area contributed by atoms with Crippen LogP contribution in [0.4, 0.5) is 5.69 Å². The predicted octanol–water partition coefficient (Wildman–Crippen LogP) is 4.89. The third-order valence-corrected chi connectivity index (χ3v) is 5.06. The number of thioether (sulfide) groups is 1. The van der Waals surface area contributed by atoms with Crippen molar-refractivity contribution in [1.82, 2.24) is 0 Å². The van der Waals surface area contributed by atoms with Crippen molar-refractivity contribution in [2.45, 2.75) is 19.1 Å². The molecule has 1 amide bonds.